The third-order valence-electron chi connectivity index (χ3n) is 3.03. The van der Waals surface area contributed by atoms with Crippen LogP contribution in [0.2, 0.25) is 0 Å². The molecule has 1 amide bonds. The van der Waals surface area contributed by atoms with Crippen molar-refractivity contribution in [3.05, 3.63) is 50.2 Å². The lowest BCUT2D eigenvalue weighted by molar-refractivity contribution is -0.385. The van der Waals surface area contributed by atoms with Gasteiger partial charge in [-0.3, -0.25) is 14.9 Å². The van der Waals surface area contributed by atoms with Crippen molar-refractivity contribution in [3.8, 4) is 11.5 Å². The first-order valence-electron chi connectivity index (χ1n) is 6.86. The fourth-order valence-corrected chi connectivity index (χ4v) is 2.63. The number of hydrogen-bond donors (Lipinski definition) is 1. The van der Waals surface area contributed by atoms with Crippen molar-refractivity contribution in [3.63, 3.8) is 0 Å². The summed E-state index contributed by atoms with van der Waals surface area (Å²) in [4.78, 5) is 23.9. The Kier molecular flexibility index (Phi) is 5.53. The molecule has 8 heteroatoms. The van der Waals surface area contributed by atoms with E-state index in [2.05, 4.69) is 5.32 Å². The summed E-state index contributed by atoms with van der Waals surface area (Å²) < 4.78 is 10.5. The molecule has 23 heavy (non-hydrogen) atoms. The van der Waals surface area contributed by atoms with Gasteiger partial charge >= 0.3 is 0 Å². The number of methoxy groups -OCH3 is 1. The van der Waals surface area contributed by atoms with Gasteiger partial charge in [0.15, 0.2) is 11.5 Å². The maximum atomic E-state index is 12.3. The van der Waals surface area contributed by atoms with Gasteiger partial charge < -0.3 is 14.8 Å². The lowest BCUT2D eigenvalue weighted by Gasteiger charge is -2.11. The van der Waals surface area contributed by atoms with Gasteiger partial charge in [-0.1, -0.05) is 6.07 Å². The predicted octanol–water partition coefficient (Wildman–Crippen LogP) is 2.99. The number of rotatable bonds is 7. The van der Waals surface area contributed by atoms with E-state index in [0.29, 0.717) is 13.2 Å². The summed E-state index contributed by atoms with van der Waals surface area (Å²) in [6, 6.07) is 6.28. The summed E-state index contributed by atoms with van der Waals surface area (Å²) in [6.07, 6.45) is 0. The average Bonchev–Trinajstić information content (AvgIpc) is 3.05. The van der Waals surface area contributed by atoms with Crippen LogP contribution in [0.3, 0.4) is 0 Å². The third kappa shape index (κ3) is 3.98. The van der Waals surface area contributed by atoms with Crippen molar-refractivity contribution < 1.29 is 19.2 Å². The molecule has 0 saturated carbocycles. The van der Waals surface area contributed by atoms with Crippen LogP contribution >= 0.6 is 11.3 Å². The molecular formula is C15H16N2O5S. The summed E-state index contributed by atoms with van der Waals surface area (Å²) in [6.45, 7) is 2.40. The number of nitro groups is 1. The standard InChI is InChI=1S/C15H16N2O5S/c1-3-22-14-8-12(17(19)20)11(7-13(14)21-2)15(18)16-9-10-5-4-6-23-10/h4-8H,3,9H2,1-2H3,(H,16,18). The van der Waals surface area contributed by atoms with E-state index in [0.717, 1.165) is 4.88 Å². The molecule has 2 rings (SSSR count). The molecule has 0 atom stereocenters. The van der Waals surface area contributed by atoms with Crippen LogP contribution in [0, 0.1) is 10.1 Å². The summed E-state index contributed by atoms with van der Waals surface area (Å²) in [5.41, 5.74) is -0.384. The molecule has 0 radical (unpaired) electrons. The second-order valence-electron chi connectivity index (χ2n) is 4.47. The number of amides is 1. The van der Waals surface area contributed by atoms with Gasteiger partial charge in [0.2, 0.25) is 0 Å². The van der Waals surface area contributed by atoms with Crippen LogP contribution < -0.4 is 14.8 Å². The highest BCUT2D eigenvalue weighted by atomic mass is 32.1. The monoisotopic (exact) mass is 336 g/mol. The summed E-state index contributed by atoms with van der Waals surface area (Å²) >= 11 is 1.49. The summed E-state index contributed by atoms with van der Waals surface area (Å²) in [5, 5.41) is 15.8. The minimum Gasteiger partial charge on any atom is -0.493 e. The molecule has 2 aromatic rings. The van der Waals surface area contributed by atoms with Crippen LogP contribution in [0.1, 0.15) is 22.2 Å². The van der Waals surface area contributed by atoms with Gasteiger partial charge in [0, 0.05) is 10.9 Å². The fourth-order valence-electron chi connectivity index (χ4n) is 1.99. The third-order valence-corrected chi connectivity index (χ3v) is 3.90. The Morgan fingerprint density at radius 2 is 2.17 bits per heavy atom. The smallest absolute Gasteiger partial charge is 0.286 e. The Bertz CT molecular complexity index is 700. The van der Waals surface area contributed by atoms with E-state index in [4.69, 9.17) is 9.47 Å². The molecule has 0 bridgehead atoms. The molecule has 0 aliphatic heterocycles. The Morgan fingerprint density at radius 3 is 2.74 bits per heavy atom. The van der Waals surface area contributed by atoms with Gasteiger partial charge in [0.25, 0.3) is 11.6 Å². The average molecular weight is 336 g/mol. The number of ether oxygens (including phenoxy) is 2. The highest BCUT2D eigenvalue weighted by Gasteiger charge is 2.24. The van der Waals surface area contributed by atoms with E-state index in [-0.39, 0.29) is 22.7 Å². The molecule has 1 N–H and O–H groups in total. The van der Waals surface area contributed by atoms with E-state index in [1.54, 1.807) is 6.92 Å². The molecule has 0 saturated heterocycles. The molecule has 1 aromatic heterocycles. The molecule has 0 aliphatic carbocycles. The lowest BCUT2D eigenvalue weighted by atomic mass is 10.1. The van der Waals surface area contributed by atoms with Gasteiger partial charge in [0.05, 0.1) is 31.3 Å². The predicted molar refractivity (Wildman–Crippen MR) is 86.3 cm³/mol. The zero-order chi connectivity index (χ0) is 16.8. The molecule has 122 valence electrons. The number of carbonyl (C=O) groups excluding carboxylic acids is 1. The van der Waals surface area contributed by atoms with Gasteiger partial charge in [0.1, 0.15) is 5.56 Å². The minimum absolute atomic E-state index is 0.0631. The molecular weight excluding hydrogens is 320 g/mol. The fraction of sp³-hybridized carbons (Fsp3) is 0.267. The molecule has 0 aliphatic rings. The highest BCUT2D eigenvalue weighted by Crippen LogP contribution is 2.34. The number of benzene rings is 1. The maximum absolute atomic E-state index is 12.3. The molecule has 0 spiro atoms. The van der Waals surface area contributed by atoms with Crippen LogP contribution in [0.25, 0.3) is 0 Å². The zero-order valence-electron chi connectivity index (χ0n) is 12.7. The molecule has 1 heterocycles. The van der Waals surface area contributed by atoms with E-state index in [1.807, 2.05) is 17.5 Å². The Morgan fingerprint density at radius 1 is 1.39 bits per heavy atom. The minimum atomic E-state index is -0.609. The van der Waals surface area contributed by atoms with Crippen LogP contribution in [0.15, 0.2) is 29.6 Å². The highest BCUT2D eigenvalue weighted by molar-refractivity contribution is 7.09. The summed E-state index contributed by atoms with van der Waals surface area (Å²) in [7, 11) is 1.41. The first-order valence-corrected chi connectivity index (χ1v) is 7.74. The van der Waals surface area contributed by atoms with Crippen LogP contribution in [0.5, 0.6) is 11.5 Å². The van der Waals surface area contributed by atoms with E-state index < -0.39 is 10.8 Å². The second-order valence-corrected chi connectivity index (χ2v) is 5.50. The number of nitro benzene ring substituents is 1. The number of nitrogens with one attached hydrogen (secondary N) is 1. The number of carbonyl (C=O) groups is 1. The summed E-state index contributed by atoms with van der Waals surface area (Å²) in [5.74, 6) is -0.0262. The zero-order valence-corrected chi connectivity index (χ0v) is 13.5. The number of hydrogen-bond acceptors (Lipinski definition) is 6. The van der Waals surface area contributed by atoms with Gasteiger partial charge in [-0.05, 0) is 18.4 Å². The van der Waals surface area contributed by atoms with Gasteiger partial charge in [-0.15, -0.1) is 11.3 Å². The van der Waals surface area contributed by atoms with Gasteiger partial charge in [-0.2, -0.15) is 0 Å². The van der Waals surface area contributed by atoms with Crippen molar-refractivity contribution in [1.29, 1.82) is 0 Å². The maximum Gasteiger partial charge on any atom is 0.286 e. The molecule has 0 unspecified atom stereocenters. The molecule has 7 nitrogen and oxygen atoms in total. The molecule has 0 fully saturated rings. The van der Waals surface area contributed by atoms with E-state index in [9.17, 15) is 14.9 Å². The van der Waals surface area contributed by atoms with Crippen LogP contribution in [-0.2, 0) is 6.54 Å². The lowest BCUT2D eigenvalue weighted by Crippen LogP contribution is -2.23. The topological polar surface area (TPSA) is 90.7 Å². The van der Waals surface area contributed by atoms with Crippen LogP contribution in [-0.4, -0.2) is 24.5 Å². The quantitative estimate of drug-likeness (QED) is 0.620. The van der Waals surface area contributed by atoms with Gasteiger partial charge in [-0.25, -0.2) is 0 Å². The van der Waals surface area contributed by atoms with Crippen molar-refractivity contribution in [1.82, 2.24) is 5.32 Å². The SMILES string of the molecule is CCOc1cc([N+](=O)[O-])c(C(=O)NCc2cccs2)cc1OC. The van der Waals surface area contributed by atoms with Crippen molar-refractivity contribution in [2.45, 2.75) is 13.5 Å². The number of thiophene rings is 1. The Labute approximate surface area is 137 Å². The first kappa shape index (κ1) is 16.8. The van der Waals surface area contributed by atoms with Crippen molar-refractivity contribution >= 4 is 22.9 Å². The van der Waals surface area contributed by atoms with E-state index in [1.165, 1.54) is 30.6 Å². The molecule has 1 aromatic carbocycles. The van der Waals surface area contributed by atoms with E-state index >= 15 is 0 Å². The number of nitrogens with zero attached hydrogens (tertiary/aromatic N) is 1. The first-order chi connectivity index (χ1) is 11.1. The Hall–Kier alpha value is -2.61. The second kappa shape index (κ2) is 7.59. The Balaban J connectivity index is 2.31. The van der Waals surface area contributed by atoms with Crippen LogP contribution in [0.4, 0.5) is 5.69 Å². The normalized spacial score (nSPS) is 10.2. The van der Waals surface area contributed by atoms with Crippen molar-refractivity contribution in [2.75, 3.05) is 13.7 Å². The largest absolute Gasteiger partial charge is 0.493 e. The van der Waals surface area contributed by atoms with Crippen molar-refractivity contribution in [2.24, 2.45) is 0 Å².